The molecule has 34 heavy (non-hydrogen) atoms. The molecule has 1 aliphatic heterocycles. The van der Waals surface area contributed by atoms with Crippen molar-refractivity contribution in [2.75, 3.05) is 13.7 Å². The minimum Gasteiger partial charge on any atom is -0.495 e. The Bertz CT molecular complexity index is 1360. The highest BCUT2D eigenvalue weighted by molar-refractivity contribution is 6.32. The number of carbonyl (C=O) groups excluding carboxylic acids is 1. The average Bonchev–Trinajstić information content (AvgIpc) is 3.61. The Labute approximate surface area is 205 Å². The summed E-state index contributed by atoms with van der Waals surface area (Å²) in [5.41, 5.74) is 2.45. The van der Waals surface area contributed by atoms with Crippen molar-refractivity contribution in [3.63, 3.8) is 0 Å². The van der Waals surface area contributed by atoms with Crippen molar-refractivity contribution in [3.8, 4) is 22.8 Å². The number of carbonyl (C=O) groups is 1. The van der Waals surface area contributed by atoms with Gasteiger partial charge in [-0.3, -0.25) is 4.79 Å². The molecule has 0 spiro atoms. The van der Waals surface area contributed by atoms with Crippen molar-refractivity contribution in [2.45, 2.75) is 25.8 Å². The van der Waals surface area contributed by atoms with Crippen molar-refractivity contribution in [3.05, 3.63) is 69.8 Å². The number of rotatable bonds is 5. The number of methoxy groups -OCH3 is 1. The first-order valence-electron chi connectivity index (χ1n) is 10.6. The second kappa shape index (κ2) is 9.08. The van der Waals surface area contributed by atoms with Crippen molar-refractivity contribution in [1.82, 2.24) is 30.0 Å². The molecule has 0 unspecified atom stereocenters. The van der Waals surface area contributed by atoms with Gasteiger partial charge < -0.3 is 14.2 Å². The third-order valence-electron chi connectivity index (χ3n) is 5.88. The molecule has 5 rings (SSSR count). The van der Waals surface area contributed by atoms with Crippen LogP contribution in [0, 0.1) is 6.92 Å². The van der Waals surface area contributed by atoms with Gasteiger partial charge in [-0.1, -0.05) is 40.5 Å². The lowest BCUT2D eigenvalue weighted by molar-refractivity contribution is 0.0709. The van der Waals surface area contributed by atoms with Gasteiger partial charge in [0.2, 0.25) is 11.7 Å². The third-order valence-corrected chi connectivity index (χ3v) is 6.59. The maximum atomic E-state index is 13.8. The van der Waals surface area contributed by atoms with Crippen LogP contribution >= 0.6 is 23.2 Å². The molecule has 11 heteroatoms. The monoisotopic (exact) mass is 498 g/mol. The predicted octanol–water partition coefficient (Wildman–Crippen LogP) is 4.92. The minimum atomic E-state index is -0.367. The molecule has 1 fully saturated rings. The number of hydrogen-bond donors (Lipinski definition) is 0. The van der Waals surface area contributed by atoms with Crippen LogP contribution in [0.2, 0.25) is 10.0 Å². The molecule has 2 aromatic heterocycles. The topological polar surface area (TPSA) is 99.2 Å². The highest BCUT2D eigenvalue weighted by Gasteiger charge is 2.36. The van der Waals surface area contributed by atoms with E-state index in [9.17, 15) is 4.79 Å². The zero-order chi connectivity index (χ0) is 23.8. The van der Waals surface area contributed by atoms with Crippen LogP contribution in [-0.4, -0.2) is 49.6 Å². The highest BCUT2D eigenvalue weighted by Crippen LogP contribution is 2.37. The van der Waals surface area contributed by atoms with Crippen LogP contribution < -0.4 is 4.74 Å². The highest BCUT2D eigenvalue weighted by atomic mass is 35.5. The van der Waals surface area contributed by atoms with Crippen LogP contribution in [0.3, 0.4) is 0 Å². The van der Waals surface area contributed by atoms with Crippen LogP contribution in [0.1, 0.15) is 40.7 Å². The molecule has 0 saturated carbocycles. The van der Waals surface area contributed by atoms with Gasteiger partial charge in [0, 0.05) is 17.1 Å². The van der Waals surface area contributed by atoms with E-state index in [1.54, 1.807) is 17.0 Å². The summed E-state index contributed by atoms with van der Waals surface area (Å²) in [5.74, 6) is 0.959. The predicted molar refractivity (Wildman–Crippen MR) is 125 cm³/mol. The molecule has 1 atom stereocenters. The van der Waals surface area contributed by atoms with Gasteiger partial charge in [-0.05, 0) is 43.5 Å². The van der Waals surface area contributed by atoms with Gasteiger partial charge in [0.1, 0.15) is 17.5 Å². The zero-order valence-electron chi connectivity index (χ0n) is 18.4. The molecule has 174 valence electrons. The summed E-state index contributed by atoms with van der Waals surface area (Å²) in [6, 6.07) is 8.39. The summed E-state index contributed by atoms with van der Waals surface area (Å²) >= 11 is 12.6. The lowest BCUT2D eigenvalue weighted by Gasteiger charge is -2.23. The van der Waals surface area contributed by atoms with E-state index in [-0.39, 0.29) is 11.9 Å². The van der Waals surface area contributed by atoms with Crippen LogP contribution in [0.5, 0.6) is 5.75 Å². The average molecular weight is 499 g/mol. The van der Waals surface area contributed by atoms with E-state index in [4.69, 9.17) is 32.5 Å². The summed E-state index contributed by atoms with van der Waals surface area (Å²) in [5, 5.41) is 13.5. The van der Waals surface area contributed by atoms with Crippen molar-refractivity contribution in [2.24, 2.45) is 0 Å². The van der Waals surface area contributed by atoms with E-state index >= 15 is 0 Å². The van der Waals surface area contributed by atoms with E-state index in [0.717, 1.165) is 17.5 Å². The van der Waals surface area contributed by atoms with Crippen LogP contribution in [-0.2, 0) is 0 Å². The smallest absolute Gasteiger partial charge is 0.256 e. The second-order valence-electron chi connectivity index (χ2n) is 7.85. The van der Waals surface area contributed by atoms with Crippen molar-refractivity contribution in [1.29, 1.82) is 0 Å². The van der Waals surface area contributed by atoms with Gasteiger partial charge in [-0.2, -0.15) is 20.0 Å². The summed E-state index contributed by atoms with van der Waals surface area (Å²) in [6.45, 7) is 2.44. The quantitative estimate of drug-likeness (QED) is 0.384. The lowest BCUT2D eigenvalue weighted by atomic mass is 10.1. The van der Waals surface area contributed by atoms with E-state index in [0.29, 0.717) is 51.7 Å². The van der Waals surface area contributed by atoms with Gasteiger partial charge in [-0.25, -0.2) is 0 Å². The number of nitrogens with zero attached hydrogens (tertiary/aromatic N) is 6. The first-order valence-corrected chi connectivity index (χ1v) is 11.4. The Hall–Kier alpha value is -3.43. The molecule has 0 aliphatic carbocycles. The number of halogens is 2. The van der Waals surface area contributed by atoms with Crippen molar-refractivity contribution >= 4 is 29.1 Å². The van der Waals surface area contributed by atoms with E-state index < -0.39 is 0 Å². The Morgan fingerprint density at radius 2 is 1.97 bits per heavy atom. The van der Waals surface area contributed by atoms with E-state index in [1.165, 1.54) is 24.3 Å². The molecule has 0 N–H and O–H groups in total. The number of likely N-dealkylation sites (tertiary alicyclic amines) is 1. The zero-order valence-corrected chi connectivity index (χ0v) is 19.9. The molecular formula is C23H20Cl2N6O3. The van der Waals surface area contributed by atoms with Gasteiger partial charge >= 0.3 is 0 Å². The second-order valence-corrected chi connectivity index (χ2v) is 8.66. The molecule has 9 nitrogen and oxygen atoms in total. The molecule has 1 aliphatic rings. The normalized spacial score (nSPS) is 15.6. The molecular weight excluding hydrogens is 479 g/mol. The summed E-state index contributed by atoms with van der Waals surface area (Å²) in [7, 11) is 1.50. The van der Waals surface area contributed by atoms with Crippen LogP contribution in [0.4, 0.5) is 0 Å². The summed E-state index contributed by atoms with van der Waals surface area (Å²) in [4.78, 5) is 21.4. The maximum Gasteiger partial charge on any atom is 0.256 e. The Balaban J connectivity index is 1.50. The Morgan fingerprint density at radius 1 is 1.18 bits per heavy atom. The number of amides is 1. The molecule has 1 saturated heterocycles. The largest absolute Gasteiger partial charge is 0.495 e. The summed E-state index contributed by atoms with van der Waals surface area (Å²) in [6.07, 6.45) is 4.55. The Morgan fingerprint density at radius 3 is 2.74 bits per heavy atom. The molecule has 0 bridgehead atoms. The molecule has 4 aromatic rings. The maximum absolute atomic E-state index is 13.8. The van der Waals surface area contributed by atoms with Gasteiger partial charge in [-0.15, -0.1) is 0 Å². The number of ether oxygens (including phenoxy) is 1. The molecule has 2 aromatic carbocycles. The fourth-order valence-corrected chi connectivity index (χ4v) is 4.54. The number of benzene rings is 2. The molecule has 0 radical (unpaired) electrons. The molecule has 3 heterocycles. The standard InChI is InChI=1S/C23H20Cl2N6O3/c1-13-14(5-3-6-16(13)24)21-28-22(34-29-21)18-7-4-10-30(18)23(32)15-11-20(33-2)17(25)12-19(15)31-26-8-9-27-31/h3,5-6,8-9,11-12,18H,4,7,10H2,1-2H3/t18-/m0/s1. The van der Waals surface area contributed by atoms with E-state index in [1.807, 2.05) is 25.1 Å². The Kier molecular flexibility index (Phi) is 5.97. The summed E-state index contributed by atoms with van der Waals surface area (Å²) < 4.78 is 11.0. The minimum absolute atomic E-state index is 0.233. The van der Waals surface area contributed by atoms with Gasteiger partial charge in [0.15, 0.2) is 0 Å². The lowest BCUT2D eigenvalue weighted by Crippen LogP contribution is -2.31. The number of aromatic nitrogens is 5. The SMILES string of the molecule is COc1cc(C(=O)N2CCC[C@H]2c2nc(-c3cccc(Cl)c3C)no2)c(-n2nccn2)cc1Cl. The molecule has 1 amide bonds. The first kappa shape index (κ1) is 22.4. The van der Waals surface area contributed by atoms with Gasteiger partial charge in [0.05, 0.1) is 30.1 Å². The van der Waals surface area contributed by atoms with E-state index in [2.05, 4.69) is 20.3 Å². The van der Waals surface area contributed by atoms with Crippen LogP contribution in [0.15, 0.2) is 47.2 Å². The van der Waals surface area contributed by atoms with Crippen LogP contribution in [0.25, 0.3) is 17.1 Å². The number of hydrogen-bond acceptors (Lipinski definition) is 7. The fourth-order valence-electron chi connectivity index (χ4n) is 4.13. The van der Waals surface area contributed by atoms with Crippen molar-refractivity contribution < 1.29 is 14.1 Å². The van der Waals surface area contributed by atoms with Gasteiger partial charge in [0.25, 0.3) is 5.91 Å². The third kappa shape index (κ3) is 3.91. The first-order chi connectivity index (χ1) is 16.5. The fraction of sp³-hybridized carbons (Fsp3) is 0.261.